The van der Waals surface area contributed by atoms with E-state index in [0.717, 1.165) is 36.4 Å². The molecule has 3 aromatic rings. The molecule has 1 saturated heterocycles. The summed E-state index contributed by atoms with van der Waals surface area (Å²) >= 11 is 0. The fourth-order valence-corrected chi connectivity index (χ4v) is 3.46. The number of nitrogens with zero attached hydrogens (tertiary/aromatic N) is 4. The Morgan fingerprint density at radius 3 is 2.81 bits per heavy atom. The van der Waals surface area contributed by atoms with Crippen LogP contribution < -0.4 is 5.32 Å². The number of hydrogen-bond donors (Lipinski definition) is 1. The molecule has 6 heteroatoms. The van der Waals surface area contributed by atoms with Gasteiger partial charge in [-0.3, -0.25) is 9.69 Å². The number of aryl methyl sites for hydroxylation is 1. The van der Waals surface area contributed by atoms with Gasteiger partial charge in [-0.15, -0.1) is 0 Å². The van der Waals surface area contributed by atoms with Gasteiger partial charge in [0.1, 0.15) is 5.56 Å². The van der Waals surface area contributed by atoms with Crippen LogP contribution in [0.25, 0.3) is 5.65 Å². The van der Waals surface area contributed by atoms with E-state index in [1.54, 1.807) is 16.9 Å². The summed E-state index contributed by atoms with van der Waals surface area (Å²) in [5, 5.41) is 7.29. The first-order valence-electron chi connectivity index (χ1n) is 9.12. The smallest absolute Gasteiger partial charge is 0.261 e. The van der Waals surface area contributed by atoms with Gasteiger partial charge >= 0.3 is 0 Å². The standard InChI is InChI=1S/C20H23N5O/c1-15-11-21-19-17(12-22-25(19)13-15)20(26)23-18-8-4-3-7-16(18)14-24-9-5-2-6-10-24/h3-4,7-8,11-13H,2,5-6,9-10,14H2,1H3,(H,23,26). The second-order valence-corrected chi connectivity index (χ2v) is 6.91. The molecule has 1 amide bonds. The number of likely N-dealkylation sites (tertiary alicyclic amines) is 1. The maximum Gasteiger partial charge on any atom is 0.261 e. The third-order valence-corrected chi connectivity index (χ3v) is 4.84. The molecule has 1 aromatic carbocycles. The highest BCUT2D eigenvalue weighted by Crippen LogP contribution is 2.21. The normalized spacial score (nSPS) is 15.3. The fraction of sp³-hybridized carbons (Fsp3) is 0.350. The molecule has 2 aromatic heterocycles. The fourth-order valence-electron chi connectivity index (χ4n) is 3.46. The van der Waals surface area contributed by atoms with Crippen molar-refractivity contribution in [3.63, 3.8) is 0 Å². The molecule has 26 heavy (non-hydrogen) atoms. The molecule has 0 atom stereocenters. The molecule has 0 aliphatic carbocycles. The van der Waals surface area contributed by atoms with Gasteiger partial charge in [0.2, 0.25) is 0 Å². The van der Waals surface area contributed by atoms with Crippen molar-refractivity contribution in [1.29, 1.82) is 0 Å². The molecule has 6 nitrogen and oxygen atoms in total. The third kappa shape index (κ3) is 3.46. The predicted molar refractivity (Wildman–Crippen MR) is 101 cm³/mol. The number of carbonyl (C=O) groups is 1. The SMILES string of the molecule is Cc1cnc2c(C(=O)Nc3ccccc3CN3CCCCC3)cnn2c1. The van der Waals surface area contributed by atoms with Crippen molar-refractivity contribution in [1.82, 2.24) is 19.5 Å². The number of piperidine rings is 1. The Kier molecular flexibility index (Phi) is 4.67. The Balaban J connectivity index is 1.55. The van der Waals surface area contributed by atoms with Crippen LogP contribution in [0.5, 0.6) is 0 Å². The predicted octanol–water partition coefficient (Wildman–Crippen LogP) is 3.28. The van der Waals surface area contributed by atoms with E-state index in [9.17, 15) is 4.79 Å². The van der Waals surface area contributed by atoms with E-state index >= 15 is 0 Å². The molecular formula is C20H23N5O. The number of aromatic nitrogens is 3. The lowest BCUT2D eigenvalue weighted by Crippen LogP contribution is -2.29. The molecule has 1 aliphatic heterocycles. The molecular weight excluding hydrogens is 326 g/mol. The van der Waals surface area contributed by atoms with Gasteiger partial charge in [-0.2, -0.15) is 5.10 Å². The Bertz CT molecular complexity index is 927. The van der Waals surface area contributed by atoms with E-state index in [1.165, 1.54) is 19.3 Å². The largest absolute Gasteiger partial charge is 0.322 e. The quantitative estimate of drug-likeness (QED) is 0.785. The van der Waals surface area contributed by atoms with Gasteiger partial charge in [-0.1, -0.05) is 24.6 Å². The van der Waals surface area contributed by atoms with E-state index in [2.05, 4.69) is 26.4 Å². The summed E-state index contributed by atoms with van der Waals surface area (Å²) in [6.45, 7) is 5.06. The van der Waals surface area contributed by atoms with E-state index in [1.807, 2.05) is 31.3 Å². The van der Waals surface area contributed by atoms with Crippen molar-refractivity contribution in [2.45, 2.75) is 32.7 Å². The van der Waals surface area contributed by atoms with Crippen LogP contribution in [0.4, 0.5) is 5.69 Å². The number of nitrogens with one attached hydrogen (secondary N) is 1. The summed E-state index contributed by atoms with van der Waals surface area (Å²) in [4.78, 5) is 19.6. The molecule has 1 N–H and O–H groups in total. The lowest BCUT2D eigenvalue weighted by atomic mass is 10.1. The molecule has 0 radical (unpaired) electrons. The van der Waals surface area contributed by atoms with Gasteiger partial charge in [0.05, 0.1) is 6.20 Å². The van der Waals surface area contributed by atoms with Crippen LogP contribution in [0, 0.1) is 6.92 Å². The van der Waals surface area contributed by atoms with Crippen molar-refractivity contribution >= 4 is 17.2 Å². The first kappa shape index (κ1) is 16.7. The van der Waals surface area contributed by atoms with Crippen LogP contribution in [0.2, 0.25) is 0 Å². The average molecular weight is 349 g/mol. The van der Waals surface area contributed by atoms with Crippen molar-refractivity contribution in [2.24, 2.45) is 0 Å². The molecule has 1 aliphatic rings. The van der Waals surface area contributed by atoms with Gasteiger partial charge in [-0.25, -0.2) is 9.50 Å². The highest BCUT2D eigenvalue weighted by molar-refractivity contribution is 6.08. The highest BCUT2D eigenvalue weighted by Gasteiger charge is 2.17. The van der Waals surface area contributed by atoms with Crippen LogP contribution in [0.1, 0.15) is 40.7 Å². The molecule has 0 spiro atoms. The molecule has 4 rings (SSSR count). The van der Waals surface area contributed by atoms with Gasteiger partial charge in [0.15, 0.2) is 5.65 Å². The summed E-state index contributed by atoms with van der Waals surface area (Å²) in [5.41, 5.74) is 4.05. The minimum absolute atomic E-state index is 0.178. The molecule has 0 saturated carbocycles. The van der Waals surface area contributed by atoms with Gasteiger partial charge in [0.25, 0.3) is 5.91 Å². The number of fused-ring (bicyclic) bond motifs is 1. The Labute approximate surface area is 152 Å². The van der Waals surface area contributed by atoms with Gasteiger partial charge < -0.3 is 5.32 Å². The van der Waals surface area contributed by atoms with Crippen molar-refractivity contribution in [2.75, 3.05) is 18.4 Å². The molecule has 0 unspecified atom stereocenters. The van der Waals surface area contributed by atoms with Crippen molar-refractivity contribution < 1.29 is 4.79 Å². The number of carbonyl (C=O) groups excluding carboxylic acids is 1. The molecule has 1 fully saturated rings. The molecule has 134 valence electrons. The maximum atomic E-state index is 12.8. The van der Waals surface area contributed by atoms with Crippen LogP contribution in [0.15, 0.2) is 42.9 Å². The lowest BCUT2D eigenvalue weighted by Gasteiger charge is -2.27. The zero-order valence-corrected chi connectivity index (χ0v) is 15.0. The average Bonchev–Trinajstić information content (AvgIpc) is 3.07. The van der Waals surface area contributed by atoms with E-state index in [-0.39, 0.29) is 5.91 Å². The third-order valence-electron chi connectivity index (χ3n) is 4.84. The van der Waals surface area contributed by atoms with Gasteiger partial charge in [-0.05, 0) is 50.0 Å². The van der Waals surface area contributed by atoms with Gasteiger partial charge in [0, 0.05) is 24.6 Å². The molecule has 0 bridgehead atoms. The number of anilines is 1. The van der Waals surface area contributed by atoms with E-state index in [4.69, 9.17) is 0 Å². The van der Waals surface area contributed by atoms with Crippen LogP contribution in [-0.2, 0) is 6.54 Å². The number of benzene rings is 1. The Morgan fingerprint density at radius 2 is 1.96 bits per heavy atom. The van der Waals surface area contributed by atoms with E-state index < -0.39 is 0 Å². The van der Waals surface area contributed by atoms with Crippen LogP contribution in [-0.4, -0.2) is 38.5 Å². The summed E-state index contributed by atoms with van der Waals surface area (Å²) in [5.74, 6) is -0.178. The highest BCUT2D eigenvalue weighted by atomic mass is 16.1. The molecule has 3 heterocycles. The lowest BCUT2D eigenvalue weighted by molar-refractivity contribution is 0.102. The number of para-hydroxylation sites is 1. The number of hydrogen-bond acceptors (Lipinski definition) is 4. The second kappa shape index (κ2) is 7.25. The maximum absolute atomic E-state index is 12.8. The van der Waals surface area contributed by atoms with Crippen LogP contribution in [0.3, 0.4) is 0 Å². The number of amides is 1. The summed E-state index contributed by atoms with van der Waals surface area (Å²) < 4.78 is 1.64. The second-order valence-electron chi connectivity index (χ2n) is 6.91. The monoisotopic (exact) mass is 349 g/mol. The Hall–Kier alpha value is -2.73. The first-order chi connectivity index (χ1) is 12.7. The van der Waals surface area contributed by atoms with Crippen molar-refractivity contribution in [3.05, 3.63) is 59.5 Å². The van der Waals surface area contributed by atoms with Crippen molar-refractivity contribution in [3.8, 4) is 0 Å². The zero-order valence-electron chi connectivity index (χ0n) is 15.0. The summed E-state index contributed by atoms with van der Waals surface area (Å²) in [7, 11) is 0. The summed E-state index contributed by atoms with van der Waals surface area (Å²) in [6.07, 6.45) is 9.01. The minimum atomic E-state index is -0.178. The summed E-state index contributed by atoms with van der Waals surface area (Å²) in [6, 6.07) is 8.02. The Morgan fingerprint density at radius 1 is 1.15 bits per heavy atom. The van der Waals surface area contributed by atoms with Crippen LogP contribution >= 0.6 is 0 Å². The first-order valence-corrected chi connectivity index (χ1v) is 9.12. The topological polar surface area (TPSA) is 62.5 Å². The number of rotatable bonds is 4. The minimum Gasteiger partial charge on any atom is -0.322 e. The van der Waals surface area contributed by atoms with E-state index in [0.29, 0.717) is 11.2 Å². The zero-order chi connectivity index (χ0) is 17.9.